The summed E-state index contributed by atoms with van der Waals surface area (Å²) in [4.78, 5) is 24.7. The second kappa shape index (κ2) is 7.58. The molecule has 1 atom stereocenters. The molecule has 120 valence electrons. The first kappa shape index (κ1) is 16.7. The summed E-state index contributed by atoms with van der Waals surface area (Å²) < 4.78 is 0. The average molecular weight is 310 g/mol. The molecule has 2 N–H and O–H groups in total. The molecule has 23 heavy (non-hydrogen) atoms. The Labute approximate surface area is 136 Å². The number of para-hydroxylation sites is 1. The van der Waals surface area contributed by atoms with Gasteiger partial charge in [-0.05, 0) is 44.5 Å². The van der Waals surface area contributed by atoms with Crippen molar-refractivity contribution in [2.75, 3.05) is 5.32 Å². The molecule has 0 aliphatic carbocycles. The maximum Gasteiger partial charge on any atom is 0.255 e. The van der Waals surface area contributed by atoms with Gasteiger partial charge in [-0.25, -0.2) is 0 Å². The van der Waals surface area contributed by atoms with Gasteiger partial charge < -0.3 is 10.6 Å². The van der Waals surface area contributed by atoms with E-state index in [9.17, 15) is 9.59 Å². The van der Waals surface area contributed by atoms with Crippen molar-refractivity contribution in [1.82, 2.24) is 5.32 Å². The Morgan fingerprint density at radius 3 is 2.48 bits per heavy atom. The third-order valence-electron chi connectivity index (χ3n) is 3.69. The molecule has 0 aromatic heterocycles. The van der Waals surface area contributed by atoms with E-state index in [1.54, 1.807) is 30.3 Å². The fraction of sp³-hybridized carbons (Fsp3) is 0.263. The average Bonchev–Trinajstić information content (AvgIpc) is 2.55. The van der Waals surface area contributed by atoms with Crippen molar-refractivity contribution in [2.45, 2.75) is 33.2 Å². The molecular weight excluding hydrogens is 288 g/mol. The highest BCUT2D eigenvalue weighted by Crippen LogP contribution is 2.17. The number of hydrogen-bond donors (Lipinski definition) is 2. The van der Waals surface area contributed by atoms with Gasteiger partial charge in [-0.3, -0.25) is 9.59 Å². The number of aryl methyl sites for hydroxylation is 1. The number of rotatable bonds is 5. The molecule has 2 aromatic carbocycles. The molecule has 0 spiro atoms. The third kappa shape index (κ3) is 4.42. The molecule has 0 radical (unpaired) electrons. The molecular formula is C19H22N2O2. The molecule has 2 aromatic rings. The van der Waals surface area contributed by atoms with Crippen LogP contribution in [0.25, 0.3) is 0 Å². The van der Waals surface area contributed by atoms with Crippen LogP contribution in [0.15, 0.2) is 48.5 Å². The molecule has 0 heterocycles. The van der Waals surface area contributed by atoms with Gasteiger partial charge in [0, 0.05) is 11.6 Å². The van der Waals surface area contributed by atoms with Crippen molar-refractivity contribution < 1.29 is 9.59 Å². The Morgan fingerprint density at radius 2 is 1.78 bits per heavy atom. The predicted molar refractivity (Wildman–Crippen MR) is 92.8 cm³/mol. The number of amides is 2. The highest BCUT2D eigenvalue weighted by Gasteiger charge is 2.15. The van der Waals surface area contributed by atoms with E-state index >= 15 is 0 Å². The summed E-state index contributed by atoms with van der Waals surface area (Å²) in [6.07, 6.45) is 0.851. The second-order valence-electron chi connectivity index (χ2n) is 5.65. The first-order valence-corrected chi connectivity index (χ1v) is 7.79. The minimum absolute atomic E-state index is 0.0861. The summed E-state index contributed by atoms with van der Waals surface area (Å²) in [6.45, 7) is 5.90. The number of carbonyl (C=O) groups is 2. The summed E-state index contributed by atoms with van der Waals surface area (Å²) in [6, 6.07) is 14.5. The summed E-state index contributed by atoms with van der Waals surface area (Å²) in [5.41, 5.74) is 2.57. The SMILES string of the molecule is CC[C@@H](C)NC(=O)c1ccccc1NC(=O)c1cccc(C)c1. The van der Waals surface area contributed by atoms with E-state index in [-0.39, 0.29) is 17.9 Å². The summed E-state index contributed by atoms with van der Waals surface area (Å²) in [7, 11) is 0. The predicted octanol–water partition coefficient (Wildman–Crippen LogP) is 3.78. The van der Waals surface area contributed by atoms with Crippen LogP contribution in [0.1, 0.15) is 46.5 Å². The number of anilines is 1. The standard InChI is InChI=1S/C19H22N2O2/c1-4-14(3)20-19(23)16-10-5-6-11-17(16)21-18(22)15-9-7-8-13(2)12-15/h5-12,14H,4H2,1-3H3,(H,20,23)(H,21,22)/t14-/m1/s1. The lowest BCUT2D eigenvalue weighted by Crippen LogP contribution is -2.32. The maximum atomic E-state index is 12.4. The largest absolute Gasteiger partial charge is 0.350 e. The van der Waals surface area contributed by atoms with Gasteiger partial charge in [0.15, 0.2) is 0 Å². The molecule has 0 unspecified atom stereocenters. The number of hydrogen-bond acceptors (Lipinski definition) is 2. The number of carbonyl (C=O) groups excluding carboxylic acids is 2. The van der Waals surface area contributed by atoms with Crippen LogP contribution < -0.4 is 10.6 Å². The first-order chi connectivity index (χ1) is 11.0. The second-order valence-corrected chi connectivity index (χ2v) is 5.65. The monoisotopic (exact) mass is 310 g/mol. The minimum atomic E-state index is -0.225. The Hall–Kier alpha value is -2.62. The first-order valence-electron chi connectivity index (χ1n) is 7.79. The smallest absolute Gasteiger partial charge is 0.255 e. The van der Waals surface area contributed by atoms with Crippen molar-refractivity contribution in [3.8, 4) is 0 Å². The zero-order valence-corrected chi connectivity index (χ0v) is 13.7. The van der Waals surface area contributed by atoms with E-state index < -0.39 is 0 Å². The highest BCUT2D eigenvalue weighted by atomic mass is 16.2. The van der Waals surface area contributed by atoms with E-state index in [2.05, 4.69) is 10.6 Å². The van der Waals surface area contributed by atoms with Crippen molar-refractivity contribution >= 4 is 17.5 Å². The molecule has 0 saturated carbocycles. The minimum Gasteiger partial charge on any atom is -0.350 e. The lowest BCUT2D eigenvalue weighted by molar-refractivity contribution is 0.0940. The van der Waals surface area contributed by atoms with E-state index in [1.165, 1.54) is 0 Å². The van der Waals surface area contributed by atoms with Gasteiger partial charge in [0.2, 0.25) is 0 Å². The normalized spacial score (nSPS) is 11.6. The lowest BCUT2D eigenvalue weighted by Gasteiger charge is -2.14. The fourth-order valence-electron chi connectivity index (χ4n) is 2.17. The molecule has 0 aliphatic heterocycles. The van der Waals surface area contributed by atoms with Gasteiger partial charge in [-0.15, -0.1) is 0 Å². The number of nitrogens with one attached hydrogen (secondary N) is 2. The fourth-order valence-corrected chi connectivity index (χ4v) is 2.17. The van der Waals surface area contributed by atoms with Gasteiger partial charge in [0.25, 0.3) is 11.8 Å². The van der Waals surface area contributed by atoms with Crippen LogP contribution in [0.2, 0.25) is 0 Å². The number of benzene rings is 2. The zero-order valence-electron chi connectivity index (χ0n) is 13.7. The molecule has 4 nitrogen and oxygen atoms in total. The van der Waals surface area contributed by atoms with Crippen LogP contribution in [-0.4, -0.2) is 17.9 Å². The van der Waals surface area contributed by atoms with E-state index in [4.69, 9.17) is 0 Å². The highest BCUT2D eigenvalue weighted by molar-refractivity contribution is 6.09. The van der Waals surface area contributed by atoms with Gasteiger partial charge in [0.1, 0.15) is 0 Å². The van der Waals surface area contributed by atoms with Gasteiger partial charge in [-0.2, -0.15) is 0 Å². The summed E-state index contributed by atoms with van der Waals surface area (Å²) in [5, 5.41) is 5.74. The Balaban J connectivity index is 2.20. The Bertz CT molecular complexity index is 710. The van der Waals surface area contributed by atoms with Crippen LogP contribution in [-0.2, 0) is 0 Å². The molecule has 0 saturated heterocycles. The molecule has 2 amide bonds. The molecule has 2 rings (SSSR count). The van der Waals surface area contributed by atoms with Crippen LogP contribution in [0.4, 0.5) is 5.69 Å². The molecule has 0 fully saturated rings. The van der Waals surface area contributed by atoms with Crippen molar-refractivity contribution in [1.29, 1.82) is 0 Å². The zero-order chi connectivity index (χ0) is 16.8. The van der Waals surface area contributed by atoms with Gasteiger partial charge in [-0.1, -0.05) is 36.8 Å². The topological polar surface area (TPSA) is 58.2 Å². The van der Waals surface area contributed by atoms with Gasteiger partial charge >= 0.3 is 0 Å². The van der Waals surface area contributed by atoms with Crippen LogP contribution >= 0.6 is 0 Å². The quantitative estimate of drug-likeness (QED) is 0.883. The summed E-state index contributed by atoms with van der Waals surface area (Å²) in [5.74, 6) is -0.406. The van der Waals surface area contributed by atoms with E-state index in [0.717, 1.165) is 12.0 Å². The van der Waals surface area contributed by atoms with E-state index in [0.29, 0.717) is 16.8 Å². The Morgan fingerprint density at radius 1 is 1.04 bits per heavy atom. The molecule has 4 heteroatoms. The van der Waals surface area contributed by atoms with Crippen molar-refractivity contribution in [2.24, 2.45) is 0 Å². The molecule has 0 bridgehead atoms. The van der Waals surface area contributed by atoms with Crippen molar-refractivity contribution in [3.05, 3.63) is 65.2 Å². The lowest BCUT2D eigenvalue weighted by atomic mass is 10.1. The Kier molecular flexibility index (Phi) is 5.52. The van der Waals surface area contributed by atoms with Crippen LogP contribution in [0.5, 0.6) is 0 Å². The third-order valence-corrected chi connectivity index (χ3v) is 3.69. The van der Waals surface area contributed by atoms with Crippen LogP contribution in [0.3, 0.4) is 0 Å². The molecule has 0 aliphatic rings. The van der Waals surface area contributed by atoms with Crippen LogP contribution in [0, 0.1) is 6.92 Å². The van der Waals surface area contributed by atoms with Gasteiger partial charge in [0.05, 0.1) is 11.3 Å². The van der Waals surface area contributed by atoms with E-state index in [1.807, 2.05) is 39.0 Å². The van der Waals surface area contributed by atoms with Crippen molar-refractivity contribution in [3.63, 3.8) is 0 Å². The summed E-state index contributed by atoms with van der Waals surface area (Å²) >= 11 is 0. The maximum absolute atomic E-state index is 12.4.